The van der Waals surface area contributed by atoms with Gasteiger partial charge >= 0.3 is 43.7 Å². The molecule has 0 rings (SSSR count). The Morgan fingerprint density at radius 3 is 1.82 bits per heavy atom. The number of hydrogen-bond acceptors (Lipinski definition) is 8. The molecule has 9 nitrogen and oxygen atoms in total. The van der Waals surface area contributed by atoms with E-state index >= 15 is 0 Å². The molecule has 0 heterocycles. The van der Waals surface area contributed by atoms with Crippen LogP contribution in [0.25, 0.3) is 0 Å². The van der Waals surface area contributed by atoms with Crippen LogP contribution in [0.15, 0.2) is 0 Å². The number of hydrogen-bond donors (Lipinski definition) is 2. The Hall–Kier alpha value is -0.515. The summed E-state index contributed by atoms with van der Waals surface area (Å²) in [5.41, 5.74) is 0. The minimum atomic E-state index is -1.42. The van der Waals surface area contributed by atoms with Gasteiger partial charge in [0.15, 0.2) is 0 Å². The number of aliphatic carboxylic acids is 3. The van der Waals surface area contributed by atoms with Gasteiger partial charge < -0.3 is 30.0 Å². The molecule has 4 atom stereocenters. The Bertz CT molecular complexity index is 462. The van der Waals surface area contributed by atoms with Crippen LogP contribution in [0.2, 0.25) is 0 Å². The molecule has 0 aromatic rings. The molecule has 0 saturated carbocycles. The standard InChI is InChI=1S/C17H32N2O7.2Li/c1-5-6-7-14(20)10-18(11(2)15(21)22)8-9-19(12(3)16(23)24)13(4)17(25)26;;/h11-14,20H,5-10H2,1-4H3,(H,21,22)(H,23,24)(H,25,26);;/q;2*+1/p-2. The fourth-order valence-corrected chi connectivity index (χ4v) is 2.64. The number of aliphatic hydroxyl groups is 1. The smallest absolute Gasteiger partial charge is 0.548 e. The molecule has 152 valence electrons. The number of carbonyl (C=O) groups is 3. The van der Waals surface area contributed by atoms with Gasteiger partial charge in [0, 0.05) is 31.7 Å². The monoisotopic (exact) mass is 388 g/mol. The summed E-state index contributed by atoms with van der Waals surface area (Å²) in [4.78, 5) is 36.3. The van der Waals surface area contributed by atoms with Crippen LogP contribution in [0.5, 0.6) is 0 Å². The number of nitrogens with zero attached hydrogens (tertiary/aromatic N) is 2. The normalized spacial score (nSPS) is 15.1. The Morgan fingerprint density at radius 2 is 1.43 bits per heavy atom. The van der Waals surface area contributed by atoms with Gasteiger partial charge in [-0.2, -0.15) is 0 Å². The fourth-order valence-electron chi connectivity index (χ4n) is 2.64. The first-order valence-electron chi connectivity index (χ1n) is 8.85. The van der Waals surface area contributed by atoms with Crippen LogP contribution < -0.4 is 47.9 Å². The van der Waals surface area contributed by atoms with E-state index < -0.39 is 42.1 Å². The van der Waals surface area contributed by atoms with E-state index in [9.17, 15) is 34.8 Å². The maximum absolute atomic E-state index is 11.2. The molecule has 0 aromatic heterocycles. The molecule has 0 aliphatic heterocycles. The molecule has 0 aliphatic carbocycles. The first-order valence-corrected chi connectivity index (χ1v) is 8.85. The predicted octanol–water partition coefficient (Wildman–Crippen LogP) is -8.10. The summed E-state index contributed by atoms with van der Waals surface area (Å²) in [6.45, 7) is 6.18. The van der Waals surface area contributed by atoms with Crippen LogP contribution >= 0.6 is 0 Å². The number of carbonyl (C=O) groups excluding carboxylic acids is 2. The van der Waals surface area contributed by atoms with Crippen LogP contribution in [0, 0.1) is 0 Å². The zero-order chi connectivity index (χ0) is 20.4. The molecule has 0 aliphatic rings. The summed E-state index contributed by atoms with van der Waals surface area (Å²) in [7, 11) is 0. The van der Waals surface area contributed by atoms with Gasteiger partial charge in [-0.15, -0.1) is 0 Å². The van der Waals surface area contributed by atoms with Crippen molar-refractivity contribution >= 4 is 17.9 Å². The van der Waals surface area contributed by atoms with Crippen LogP contribution in [-0.4, -0.2) is 81.8 Å². The summed E-state index contributed by atoms with van der Waals surface area (Å²) < 4.78 is 0. The quantitative estimate of drug-likeness (QED) is 0.277. The molecule has 0 aromatic carbocycles. The van der Waals surface area contributed by atoms with E-state index in [1.54, 1.807) is 0 Å². The van der Waals surface area contributed by atoms with Gasteiger partial charge in [0.1, 0.15) is 6.04 Å². The van der Waals surface area contributed by atoms with Gasteiger partial charge in [0.05, 0.1) is 18.0 Å². The third-order valence-electron chi connectivity index (χ3n) is 4.56. The number of rotatable bonds is 14. The number of carboxylic acid groups (broad SMARTS) is 3. The second kappa shape index (κ2) is 16.3. The van der Waals surface area contributed by atoms with Crippen molar-refractivity contribution in [1.29, 1.82) is 0 Å². The van der Waals surface area contributed by atoms with Crippen molar-refractivity contribution in [3.63, 3.8) is 0 Å². The van der Waals surface area contributed by atoms with Crippen LogP contribution in [0.4, 0.5) is 0 Å². The van der Waals surface area contributed by atoms with E-state index in [1.807, 2.05) is 6.92 Å². The summed E-state index contributed by atoms with van der Waals surface area (Å²) in [6, 6.07) is -3.26. The largest absolute Gasteiger partial charge is 1.00 e. The third kappa shape index (κ3) is 11.5. The van der Waals surface area contributed by atoms with Crippen molar-refractivity contribution in [2.45, 2.75) is 71.2 Å². The molecule has 2 N–H and O–H groups in total. The Labute approximate surface area is 190 Å². The second-order valence-corrected chi connectivity index (χ2v) is 6.53. The van der Waals surface area contributed by atoms with Gasteiger partial charge in [-0.25, -0.2) is 0 Å². The van der Waals surface area contributed by atoms with Crippen LogP contribution in [-0.2, 0) is 14.4 Å². The van der Waals surface area contributed by atoms with Crippen LogP contribution in [0.1, 0.15) is 47.0 Å². The molecule has 0 saturated heterocycles. The second-order valence-electron chi connectivity index (χ2n) is 6.53. The first kappa shape index (κ1) is 32.2. The molecule has 0 bridgehead atoms. The predicted molar refractivity (Wildman–Crippen MR) is 89.8 cm³/mol. The van der Waals surface area contributed by atoms with Gasteiger partial charge in [-0.1, -0.05) is 19.8 Å². The summed E-state index contributed by atoms with van der Waals surface area (Å²) in [6.07, 6.45) is 1.46. The molecule has 28 heavy (non-hydrogen) atoms. The van der Waals surface area contributed by atoms with E-state index in [0.29, 0.717) is 6.42 Å². The molecule has 0 amide bonds. The third-order valence-corrected chi connectivity index (χ3v) is 4.56. The SMILES string of the molecule is CCCCC(O)CN(CCN(C(C)C(=O)[O-])C(C)C(=O)O)C(C)C(=O)[O-].[Li+].[Li+]. The first-order chi connectivity index (χ1) is 12.0. The van der Waals surface area contributed by atoms with Crippen LogP contribution in [0.3, 0.4) is 0 Å². The Kier molecular flexibility index (Phi) is 18.7. The van der Waals surface area contributed by atoms with Gasteiger partial charge in [-0.3, -0.25) is 14.6 Å². The molecule has 4 unspecified atom stereocenters. The number of aliphatic hydroxyl groups excluding tert-OH is 1. The van der Waals surface area contributed by atoms with Crippen molar-refractivity contribution < 1.29 is 72.5 Å². The van der Waals surface area contributed by atoms with Gasteiger partial charge in [0.25, 0.3) is 0 Å². The van der Waals surface area contributed by atoms with Crippen molar-refractivity contribution in [2.24, 2.45) is 0 Å². The topological polar surface area (TPSA) is 144 Å². The van der Waals surface area contributed by atoms with Gasteiger partial charge in [0.2, 0.25) is 0 Å². The van der Waals surface area contributed by atoms with E-state index in [2.05, 4.69) is 0 Å². The summed E-state index contributed by atoms with van der Waals surface area (Å²) >= 11 is 0. The maximum atomic E-state index is 11.2. The van der Waals surface area contributed by atoms with E-state index in [1.165, 1.54) is 30.6 Å². The molecule has 0 radical (unpaired) electrons. The molecular formula is C17H30Li2N2O7. The summed E-state index contributed by atoms with van der Waals surface area (Å²) in [5, 5.41) is 41.6. The van der Waals surface area contributed by atoms with E-state index in [4.69, 9.17) is 0 Å². The number of unbranched alkanes of at least 4 members (excludes halogenated alkanes) is 1. The molecular weight excluding hydrogens is 358 g/mol. The zero-order valence-electron chi connectivity index (χ0n) is 17.9. The van der Waals surface area contributed by atoms with Crippen molar-refractivity contribution in [1.82, 2.24) is 9.80 Å². The number of carboxylic acids is 3. The van der Waals surface area contributed by atoms with Crippen molar-refractivity contribution in [3.8, 4) is 0 Å². The maximum Gasteiger partial charge on any atom is 1.00 e. The average Bonchev–Trinajstić information content (AvgIpc) is 2.57. The average molecular weight is 388 g/mol. The van der Waals surface area contributed by atoms with Gasteiger partial charge in [-0.05, 0) is 27.2 Å². The van der Waals surface area contributed by atoms with E-state index in [0.717, 1.165) is 12.8 Å². The van der Waals surface area contributed by atoms with Crippen molar-refractivity contribution in [2.75, 3.05) is 19.6 Å². The molecule has 0 spiro atoms. The fraction of sp³-hybridized carbons (Fsp3) is 0.824. The minimum Gasteiger partial charge on any atom is -0.548 e. The zero-order valence-corrected chi connectivity index (χ0v) is 17.9. The van der Waals surface area contributed by atoms with Crippen molar-refractivity contribution in [3.05, 3.63) is 0 Å². The molecule has 11 heteroatoms. The Morgan fingerprint density at radius 1 is 0.929 bits per heavy atom. The minimum absolute atomic E-state index is 0. The Balaban J connectivity index is -0.00000312. The summed E-state index contributed by atoms with van der Waals surface area (Å²) in [5.74, 6) is -3.93. The van der Waals surface area contributed by atoms with E-state index in [-0.39, 0.29) is 57.4 Å². The molecule has 0 fully saturated rings.